The van der Waals surface area contributed by atoms with Crippen molar-refractivity contribution in [2.45, 2.75) is 13.5 Å². The van der Waals surface area contributed by atoms with Gasteiger partial charge in [0.1, 0.15) is 17.5 Å². The first-order valence-electron chi connectivity index (χ1n) is 13.0. The Morgan fingerprint density at radius 1 is 1.00 bits per heavy atom. The third-order valence-corrected chi connectivity index (χ3v) is 7.09. The lowest BCUT2D eigenvalue weighted by Crippen LogP contribution is -2.36. The quantitative estimate of drug-likeness (QED) is 0.273. The van der Waals surface area contributed by atoms with Crippen LogP contribution in [0.3, 0.4) is 0 Å². The summed E-state index contributed by atoms with van der Waals surface area (Å²) in [4.78, 5) is 15.9. The summed E-state index contributed by atoms with van der Waals surface area (Å²) >= 11 is 0. The van der Waals surface area contributed by atoms with Crippen LogP contribution in [-0.4, -0.2) is 46.4 Å². The Kier molecular flexibility index (Phi) is 7.06. The molecular weight excluding hydrogens is 512 g/mol. The molecule has 1 fully saturated rings. The molecule has 0 bridgehead atoms. The van der Waals surface area contributed by atoms with Gasteiger partial charge < -0.3 is 20.1 Å². The minimum Gasteiger partial charge on any atom is -0.392 e. The standard InChI is InChI=1S/C31H27F2N5O2/c1-19-30(25-4-2-3-9-34-25)37-27-15-22(32)14-24(33)29(27)31(19)36-26-16-28(38-10-12-40-13-11-38)35-17-23(26)21-7-5-20(18-39)6-8-21/h2-9,14-17,39H,10-13,18H2,1H3,(H,35,36,37). The number of aliphatic hydroxyl groups excluding tert-OH is 1. The number of hydrogen-bond donors (Lipinski definition) is 2. The third kappa shape index (κ3) is 4.97. The third-order valence-electron chi connectivity index (χ3n) is 7.09. The first-order chi connectivity index (χ1) is 19.5. The minimum atomic E-state index is -0.711. The van der Waals surface area contributed by atoms with Crippen LogP contribution in [0.4, 0.5) is 26.0 Å². The fourth-order valence-electron chi connectivity index (χ4n) is 4.98. The number of halogens is 2. The highest BCUT2D eigenvalue weighted by Gasteiger charge is 2.21. The van der Waals surface area contributed by atoms with Crippen LogP contribution in [0.2, 0.25) is 0 Å². The van der Waals surface area contributed by atoms with Crippen LogP contribution in [0, 0.1) is 18.6 Å². The molecule has 1 aliphatic heterocycles. The summed E-state index contributed by atoms with van der Waals surface area (Å²) < 4.78 is 35.3. The number of fused-ring (bicyclic) bond motifs is 1. The monoisotopic (exact) mass is 539 g/mol. The Balaban J connectivity index is 1.55. The van der Waals surface area contributed by atoms with Crippen molar-refractivity contribution in [3.8, 4) is 22.5 Å². The van der Waals surface area contributed by atoms with Gasteiger partial charge in [0.15, 0.2) is 0 Å². The van der Waals surface area contributed by atoms with Gasteiger partial charge in [0, 0.05) is 54.8 Å². The molecule has 9 heteroatoms. The van der Waals surface area contributed by atoms with Crippen LogP contribution >= 0.6 is 0 Å². The number of hydrogen-bond acceptors (Lipinski definition) is 7. The molecule has 0 radical (unpaired) electrons. The molecule has 0 spiro atoms. The Hall–Kier alpha value is -4.47. The summed E-state index contributed by atoms with van der Waals surface area (Å²) in [6.45, 7) is 4.40. The van der Waals surface area contributed by atoms with Gasteiger partial charge in [-0.1, -0.05) is 30.3 Å². The van der Waals surface area contributed by atoms with E-state index in [1.54, 1.807) is 18.5 Å². The zero-order valence-electron chi connectivity index (χ0n) is 21.9. The molecule has 5 aromatic rings. The van der Waals surface area contributed by atoms with Crippen LogP contribution in [-0.2, 0) is 11.3 Å². The SMILES string of the molecule is Cc1c(-c2ccccn2)nc2cc(F)cc(F)c2c1Nc1cc(N2CCOCC2)ncc1-c1ccc(CO)cc1. The summed E-state index contributed by atoms with van der Waals surface area (Å²) in [6, 6.07) is 17.0. The predicted octanol–water partition coefficient (Wildman–Crippen LogP) is 6.02. The van der Waals surface area contributed by atoms with Crippen molar-refractivity contribution in [1.29, 1.82) is 0 Å². The van der Waals surface area contributed by atoms with E-state index in [1.165, 1.54) is 6.07 Å². The van der Waals surface area contributed by atoms with Crippen LogP contribution in [0.15, 0.2) is 73.1 Å². The second kappa shape index (κ2) is 11.0. The molecule has 3 aromatic heterocycles. The lowest BCUT2D eigenvalue weighted by atomic mass is 10.0. The molecule has 7 nitrogen and oxygen atoms in total. The first kappa shape index (κ1) is 25.8. The smallest absolute Gasteiger partial charge is 0.137 e. The maximum atomic E-state index is 15.4. The van der Waals surface area contributed by atoms with Crippen molar-refractivity contribution in [2.24, 2.45) is 0 Å². The Labute approximate surface area is 230 Å². The van der Waals surface area contributed by atoms with Gasteiger partial charge in [-0.15, -0.1) is 0 Å². The number of nitrogens with one attached hydrogen (secondary N) is 1. The van der Waals surface area contributed by atoms with Gasteiger partial charge in [0.2, 0.25) is 0 Å². The Morgan fingerprint density at radius 2 is 1.80 bits per heavy atom. The summed E-state index contributed by atoms with van der Waals surface area (Å²) in [5.74, 6) is -0.659. The fraction of sp³-hybridized carbons (Fsp3) is 0.194. The van der Waals surface area contributed by atoms with E-state index < -0.39 is 11.6 Å². The van der Waals surface area contributed by atoms with E-state index >= 15 is 4.39 Å². The Bertz CT molecular complexity index is 1670. The zero-order valence-corrected chi connectivity index (χ0v) is 21.9. The number of rotatable bonds is 6. The van der Waals surface area contributed by atoms with Gasteiger partial charge in [0.25, 0.3) is 0 Å². The van der Waals surface area contributed by atoms with E-state index in [4.69, 9.17) is 9.72 Å². The van der Waals surface area contributed by atoms with E-state index in [-0.39, 0.29) is 17.5 Å². The number of aromatic nitrogens is 3. The molecule has 2 aromatic carbocycles. The van der Waals surface area contributed by atoms with E-state index in [0.29, 0.717) is 54.6 Å². The molecule has 0 unspecified atom stereocenters. The highest BCUT2D eigenvalue weighted by molar-refractivity contribution is 5.99. The molecule has 6 rings (SSSR count). The number of benzene rings is 2. The molecule has 0 aliphatic carbocycles. The largest absolute Gasteiger partial charge is 0.392 e. The van der Waals surface area contributed by atoms with Gasteiger partial charge >= 0.3 is 0 Å². The lowest BCUT2D eigenvalue weighted by Gasteiger charge is -2.28. The zero-order chi connectivity index (χ0) is 27.6. The van der Waals surface area contributed by atoms with Crippen molar-refractivity contribution in [2.75, 3.05) is 36.5 Å². The maximum Gasteiger partial charge on any atom is 0.137 e. The predicted molar refractivity (Wildman–Crippen MR) is 152 cm³/mol. The van der Waals surface area contributed by atoms with Gasteiger partial charge in [-0.2, -0.15) is 0 Å². The normalized spacial score (nSPS) is 13.6. The van der Waals surface area contributed by atoms with Crippen LogP contribution in [0.5, 0.6) is 0 Å². The number of ether oxygens (including phenoxy) is 1. The van der Waals surface area contributed by atoms with E-state index in [1.807, 2.05) is 49.4 Å². The summed E-state index contributed by atoms with van der Waals surface area (Å²) in [5, 5.41) is 13.2. The molecule has 202 valence electrons. The first-order valence-corrected chi connectivity index (χ1v) is 13.0. The molecule has 0 saturated carbocycles. The van der Waals surface area contributed by atoms with Crippen molar-refractivity contribution in [3.63, 3.8) is 0 Å². The van der Waals surface area contributed by atoms with Gasteiger partial charge in [-0.3, -0.25) is 4.98 Å². The molecular formula is C31H27F2N5O2. The number of pyridine rings is 3. The topological polar surface area (TPSA) is 83.4 Å². The van der Waals surface area contributed by atoms with Crippen molar-refractivity contribution < 1.29 is 18.6 Å². The highest BCUT2D eigenvalue weighted by atomic mass is 19.1. The van der Waals surface area contributed by atoms with Gasteiger partial charge in [-0.25, -0.2) is 18.7 Å². The number of nitrogens with zero attached hydrogens (tertiary/aromatic N) is 4. The lowest BCUT2D eigenvalue weighted by molar-refractivity contribution is 0.122. The van der Waals surface area contributed by atoms with E-state index in [2.05, 4.69) is 20.2 Å². The average molecular weight is 540 g/mol. The molecule has 0 amide bonds. The number of anilines is 3. The summed E-state index contributed by atoms with van der Waals surface area (Å²) in [6.07, 6.45) is 3.45. The highest BCUT2D eigenvalue weighted by Crippen LogP contribution is 2.39. The number of aliphatic hydroxyl groups is 1. The van der Waals surface area contributed by atoms with Crippen LogP contribution < -0.4 is 10.2 Å². The molecule has 0 atom stereocenters. The van der Waals surface area contributed by atoms with Crippen LogP contribution in [0.1, 0.15) is 11.1 Å². The van der Waals surface area contributed by atoms with Gasteiger partial charge in [0.05, 0.1) is 53.5 Å². The molecule has 1 saturated heterocycles. The molecule has 4 heterocycles. The minimum absolute atomic E-state index is 0.0616. The maximum absolute atomic E-state index is 15.4. The number of morpholine rings is 1. The van der Waals surface area contributed by atoms with Crippen molar-refractivity contribution in [1.82, 2.24) is 15.0 Å². The Morgan fingerprint density at radius 3 is 2.52 bits per heavy atom. The average Bonchev–Trinajstić information content (AvgIpc) is 2.99. The van der Waals surface area contributed by atoms with Crippen molar-refractivity contribution in [3.05, 3.63) is 95.8 Å². The van der Waals surface area contributed by atoms with E-state index in [0.717, 1.165) is 28.6 Å². The summed E-state index contributed by atoms with van der Waals surface area (Å²) in [5.41, 5.74) is 5.58. The molecule has 40 heavy (non-hydrogen) atoms. The molecule has 2 N–H and O–H groups in total. The summed E-state index contributed by atoms with van der Waals surface area (Å²) in [7, 11) is 0. The molecule has 1 aliphatic rings. The van der Waals surface area contributed by atoms with E-state index in [9.17, 15) is 9.50 Å². The fourth-order valence-corrected chi connectivity index (χ4v) is 4.98. The van der Waals surface area contributed by atoms with Crippen LogP contribution in [0.25, 0.3) is 33.4 Å². The second-order valence-corrected chi connectivity index (χ2v) is 9.62. The van der Waals surface area contributed by atoms with Crippen molar-refractivity contribution >= 4 is 28.1 Å². The second-order valence-electron chi connectivity index (χ2n) is 9.62. The van der Waals surface area contributed by atoms with Gasteiger partial charge in [-0.05, 0) is 30.2 Å².